The third-order valence-corrected chi connectivity index (χ3v) is 4.09. The highest BCUT2D eigenvalue weighted by Gasteiger charge is 2.25. The zero-order chi connectivity index (χ0) is 17.4. The number of rotatable bonds is 7. The molecule has 0 heterocycles. The van der Waals surface area contributed by atoms with Gasteiger partial charge in [-0.2, -0.15) is 8.78 Å². The van der Waals surface area contributed by atoms with Gasteiger partial charge in [-0.15, -0.1) is 24.0 Å². The van der Waals surface area contributed by atoms with Crippen molar-refractivity contribution in [2.24, 2.45) is 10.9 Å². The summed E-state index contributed by atoms with van der Waals surface area (Å²) in [5.41, 5.74) is 0.593. The summed E-state index contributed by atoms with van der Waals surface area (Å²) < 4.78 is 29.4. The molecule has 3 N–H and O–H groups in total. The lowest BCUT2D eigenvalue weighted by molar-refractivity contribution is -0.0504. The van der Waals surface area contributed by atoms with Crippen LogP contribution >= 0.6 is 24.0 Å². The number of aliphatic imine (C=N–C) groups is 1. The third-order valence-electron chi connectivity index (χ3n) is 4.09. The minimum atomic E-state index is -2.86. The standard InChI is InChI=1S/C17H25F2N3O2.HI/c1-2-20-17(21-10-12-7-5-8-14(12)23)22-11-13-6-3-4-9-15(13)24-16(18)19;/h3-4,6,9,12,14,16,23H,2,5,7-8,10-11H2,1H3,(H2,20,21,22);1H. The second-order valence-electron chi connectivity index (χ2n) is 5.82. The van der Waals surface area contributed by atoms with E-state index < -0.39 is 6.61 Å². The molecule has 25 heavy (non-hydrogen) atoms. The van der Waals surface area contributed by atoms with E-state index in [-0.39, 0.29) is 48.3 Å². The molecule has 2 atom stereocenters. The number of halogens is 3. The summed E-state index contributed by atoms with van der Waals surface area (Å²) in [4.78, 5) is 4.43. The number of nitrogens with zero attached hydrogens (tertiary/aromatic N) is 1. The van der Waals surface area contributed by atoms with Crippen LogP contribution < -0.4 is 15.4 Å². The highest BCUT2D eigenvalue weighted by atomic mass is 127. The zero-order valence-electron chi connectivity index (χ0n) is 14.3. The van der Waals surface area contributed by atoms with Crippen LogP contribution in [-0.2, 0) is 6.54 Å². The van der Waals surface area contributed by atoms with Gasteiger partial charge in [-0.25, -0.2) is 4.99 Å². The minimum absolute atomic E-state index is 0. The van der Waals surface area contributed by atoms with Gasteiger partial charge >= 0.3 is 6.61 Å². The van der Waals surface area contributed by atoms with Crippen molar-refractivity contribution in [1.82, 2.24) is 10.6 Å². The van der Waals surface area contributed by atoms with Crippen molar-refractivity contribution in [3.05, 3.63) is 29.8 Å². The summed E-state index contributed by atoms with van der Waals surface area (Å²) in [6.07, 6.45) is 2.62. The summed E-state index contributed by atoms with van der Waals surface area (Å²) in [6.45, 7) is 0.655. The van der Waals surface area contributed by atoms with Crippen LogP contribution in [0.3, 0.4) is 0 Å². The molecule has 1 aliphatic carbocycles. The van der Waals surface area contributed by atoms with Crippen LogP contribution in [0, 0.1) is 5.92 Å². The third kappa shape index (κ3) is 7.31. The number of aliphatic hydroxyl groups excluding tert-OH is 1. The molecule has 1 fully saturated rings. The molecule has 2 rings (SSSR count). The molecule has 1 aromatic rings. The fourth-order valence-electron chi connectivity index (χ4n) is 2.83. The predicted octanol–water partition coefficient (Wildman–Crippen LogP) is 3.12. The van der Waals surface area contributed by atoms with Crippen LogP contribution in [-0.4, -0.2) is 36.9 Å². The van der Waals surface area contributed by atoms with Crippen molar-refractivity contribution in [1.29, 1.82) is 0 Å². The van der Waals surface area contributed by atoms with Crippen molar-refractivity contribution in [2.75, 3.05) is 13.1 Å². The maximum atomic E-state index is 12.4. The van der Waals surface area contributed by atoms with E-state index >= 15 is 0 Å². The lowest BCUT2D eigenvalue weighted by Gasteiger charge is -2.18. The second kappa shape index (κ2) is 11.5. The first-order valence-corrected chi connectivity index (χ1v) is 8.33. The Morgan fingerprint density at radius 2 is 2.08 bits per heavy atom. The quantitative estimate of drug-likeness (QED) is 0.326. The Morgan fingerprint density at radius 1 is 1.32 bits per heavy atom. The molecule has 1 aliphatic rings. The van der Waals surface area contributed by atoms with Gasteiger partial charge in [-0.3, -0.25) is 0 Å². The number of hydrogen-bond acceptors (Lipinski definition) is 3. The average molecular weight is 469 g/mol. The highest BCUT2D eigenvalue weighted by molar-refractivity contribution is 14.0. The molecule has 5 nitrogen and oxygen atoms in total. The summed E-state index contributed by atoms with van der Waals surface area (Å²) >= 11 is 0. The van der Waals surface area contributed by atoms with Gasteiger partial charge in [0.25, 0.3) is 0 Å². The number of benzene rings is 1. The normalized spacial score (nSPS) is 20.3. The number of para-hydroxylation sites is 1. The van der Waals surface area contributed by atoms with Gasteiger partial charge in [0.15, 0.2) is 5.96 Å². The maximum absolute atomic E-state index is 12.4. The summed E-state index contributed by atoms with van der Waals surface area (Å²) in [6, 6.07) is 6.63. The molecule has 2 unspecified atom stereocenters. The Balaban J connectivity index is 0.00000312. The lowest BCUT2D eigenvalue weighted by Crippen LogP contribution is -2.41. The maximum Gasteiger partial charge on any atom is 0.387 e. The highest BCUT2D eigenvalue weighted by Crippen LogP contribution is 2.24. The van der Waals surface area contributed by atoms with E-state index in [1.54, 1.807) is 18.2 Å². The van der Waals surface area contributed by atoms with Crippen LogP contribution in [0.1, 0.15) is 31.7 Å². The Hall–Kier alpha value is -1.16. The smallest absolute Gasteiger partial charge is 0.387 e. The van der Waals surface area contributed by atoms with E-state index in [1.165, 1.54) is 6.07 Å². The van der Waals surface area contributed by atoms with E-state index in [9.17, 15) is 13.9 Å². The lowest BCUT2D eigenvalue weighted by atomic mass is 10.1. The first-order chi connectivity index (χ1) is 11.6. The van der Waals surface area contributed by atoms with E-state index in [2.05, 4.69) is 20.4 Å². The van der Waals surface area contributed by atoms with Crippen molar-refractivity contribution in [3.8, 4) is 5.75 Å². The van der Waals surface area contributed by atoms with Gasteiger partial charge in [0.2, 0.25) is 0 Å². The van der Waals surface area contributed by atoms with Gasteiger partial charge in [0.05, 0.1) is 12.6 Å². The van der Waals surface area contributed by atoms with Gasteiger partial charge in [-0.1, -0.05) is 24.6 Å². The van der Waals surface area contributed by atoms with Gasteiger partial charge in [0, 0.05) is 24.6 Å². The molecule has 0 amide bonds. The Morgan fingerprint density at radius 3 is 2.72 bits per heavy atom. The molecular weight excluding hydrogens is 443 g/mol. The topological polar surface area (TPSA) is 65.9 Å². The van der Waals surface area contributed by atoms with Crippen LogP contribution in [0.5, 0.6) is 5.75 Å². The van der Waals surface area contributed by atoms with E-state index in [1.807, 2.05) is 6.92 Å². The Bertz CT molecular complexity index is 546. The molecule has 142 valence electrons. The Kier molecular flexibility index (Phi) is 10.0. The number of ether oxygens (including phenoxy) is 1. The molecule has 0 saturated heterocycles. The Labute approximate surface area is 164 Å². The van der Waals surface area contributed by atoms with Crippen LogP contribution in [0.15, 0.2) is 29.3 Å². The molecular formula is C17H26F2IN3O2. The largest absolute Gasteiger partial charge is 0.434 e. The van der Waals surface area contributed by atoms with E-state index in [0.717, 1.165) is 19.3 Å². The van der Waals surface area contributed by atoms with E-state index in [0.29, 0.717) is 24.6 Å². The number of hydrogen-bond donors (Lipinski definition) is 3. The summed E-state index contributed by atoms with van der Waals surface area (Å²) in [5.74, 6) is 0.963. The van der Waals surface area contributed by atoms with Crippen molar-refractivity contribution >= 4 is 29.9 Å². The van der Waals surface area contributed by atoms with E-state index in [4.69, 9.17) is 0 Å². The number of aliphatic hydroxyl groups is 1. The van der Waals surface area contributed by atoms with Crippen molar-refractivity contribution < 1.29 is 18.6 Å². The number of guanidine groups is 1. The summed E-state index contributed by atoms with van der Waals surface area (Å²) in [5, 5.41) is 16.2. The molecule has 0 spiro atoms. The fraction of sp³-hybridized carbons (Fsp3) is 0.588. The molecule has 0 aliphatic heterocycles. The van der Waals surface area contributed by atoms with Gasteiger partial charge in [-0.05, 0) is 25.8 Å². The number of nitrogens with one attached hydrogen (secondary N) is 2. The van der Waals surface area contributed by atoms with Crippen LogP contribution in [0.4, 0.5) is 8.78 Å². The molecule has 8 heteroatoms. The first kappa shape index (κ1) is 21.9. The van der Waals surface area contributed by atoms with Crippen LogP contribution in [0.25, 0.3) is 0 Å². The molecule has 1 saturated carbocycles. The zero-order valence-corrected chi connectivity index (χ0v) is 16.6. The summed E-state index contributed by atoms with van der Waals surface area (Å²) in [7, 11) is 0. The first-order valence-electron chi connectivity index (χ1n) is 8.33. The van der Waals surface area contributed by atoms with Crippen LogP contribution in [0.2, 0.25) is 0 Å². The monoisotopic (exact) mass is 469 g/mol. The van der Waals surface area contributed by atoms with Gasteiger partial charge < -0.3 is 20.5 Å². The van der Waals surface area contributed by atoms with Crippen molar-refractivity contribution in [2.45, 2.75) is 45.4 Å². The molecule has 0 bridgehead atoms. The minimum Gasteiger partial charge on any atom is -0.434 e. The van der Waals surface area contributed by atoms with Gasteiger partial charge in [0.1, 0.15) is 5.75 Å². The van der Waals surface area contributed by atoms with Crippen molar-refractivity contribution in [3.63, 3.8) is 0 Å². The number of alkyl halides is 2. The molecule has 1 aromatic carbocycles. The second-order valence-corrected chi connectivity index (χ2v) is 5.82. The molecule has 0 aromatic heterocycles. The fourth-order valence-corrected chi connectivity index (χ4v) is 2.83. The predicted molar refractivity (Wildman–Crippen MR) is 105 cm³/mol. The average Bonchev–Trinajstić information content (AvgIpc) is 2.96. The SMILES string of the molecule is CCNC(=NCc1ccccc1OC(F)F)NCC1CCCC1O.I. The molecule has 0 radical (unpaired) electrons.